The Morgan fingerprint density at radius 3 is 0.826 bits per heavy atom. The standard InChI is InChI=1S/C67H130O17P2/c1-9-60(8)46-38-30-25-26-34-42-50-67(72)84-63(54-77-64(69)47-39-31-22-15-11-10-13-19-27-35-43-57(2)3)56-82-86(75,76)80-52-61(68)51-79-85(73,74)81-55-62(53-78-65(70)48-40-32-23-18-17-21-29-37-45-59(6)7)83-66(71)49-41-33-24-16-12-14-20-28-36-44-58(4)5/h57-63,68H,9-56H2,1-8H3,(H,73,74)(H,75,76)/t60?,61?,62-,63-/m1/s1. The molecule has 510 valence electrons. The molecule has 0 aromatic heterocycles. The van der Waals surface area contributed by atoms with E-state index in [0.29, 0.717) is 25.7 Å². The Labute approximate surface area is 524 Å². The number of carbonyl (C=O) groups excluding carboxylic acids is 4. The van der Waals surface area contributed by atoms with E-state index in [-0.39, 0.29) is 25.7 Å². The van der Waals surface area contributed by atoms with Crippen molar-refractivity contribution in [1.82, 2.24) is 0 Å². The first-order valence-electron chi connectivity index (χ1n) is 34.7. The highest BCUT2D eigenvalue weighted by molar-refractivity contribution is 7.47. The van der Waals surface area contributed by atoms with Crippen molar-refractivity contribution in [2.45, 2.75) is 343 Å². The molecular formula is C67H130O17P2. The van der Waals surface area contributed by atoms with Crippen molar-refractivity contribution in [2.75, 3.05) is 39.6 Å². The second-order valence-corrected chi connectivity index (χ2v) is 28.8. The van der Waals surface area contributed by atoms with E-state index in [9.17, 15) is 43.2 Å². The minimum atomic E-state index is -4.95. The van der Waals surface area contributed by atoms with Crippen molar-refractivity contribution in [3.8, 4) is 0 Å². The van der Waals surface area contributed by atoms with Crippen LogP contribution in [-0.2, 0) is 65.4 Å². The molecule has 86 heavy (non-hydrogen) atoms. The van der Waals surface area contributed by atoms with Crippen LogP contribution in [0.4, 0.5) is 0 Å². The van der Waals surface area contributed by atoms with E-state index >= 15 is 0 Å². The molecule has 6 atom stereocenters. The molecule has 0 bridgehead atoms. The lowest BCUT2D eigenvalue weighted by Gasteiger charge is -2.21. The Hall–Kier alpha value is -1.94. The molecule has 19 heteroatoms. The summed E-state index contributed by atoms with van der Waals surface area (Å²) in [4.78, 5) is 72.4. The van der Waals surface area contributed by atoms with Gasteiger partial charge in [0.15, 0.2) is 12.2 Å². The monoisotopic (exact) mass is 1270 g/mol. The lowest BCUT2D eigenvalue weighted by atomic mass is 10.00. The van der Waals surface area contributed by atoms with Crippen LogP contribution in [0.2, 0.25) is 0 Å². The van der Waals surface area contributed by atoms with E-state index in [1.165, 1.54) is 128 Å². The molecule has 0 aliphatic carbocycles. The summed E-state index contributed by atoms with van der Waals surface area (Å²) < 4.78 is 68.1. The summed E-state index contributed by atoms with van der Waals surface area (Å²) in [7, 11) is -9.90. The predicted octanol–water partition coefficient (Wildman–Crippen LogP) is 18.5. The van der Waals surface area contributed by atoms with E-state index in [2.05, 4.69) is 55.4 Å². The van der Waals surface area contributed by atoms with Crippen molar-refractivity contribution in [3.63, 3.8) is 0 Å². The number of aliphatic hydroxyl groups excluding tert-OH is 1. The molecule has 0 heterocycles. The number of aliphatic hydroxyl groups is 1. The molecule has 0 saturated heterocycles. The largest absolute Gasteiger partial charge is 0.472 e. The van der Waals surface area contributed by atoms with Gasteiger partial charge in [0.25, 0.3) is 0 Å². The van der Waals surface area contributed by atoms with Crippen LogP contribution in [0.3, 0.4) is 0 Å². The van der Waals surface area contributed by atoms with Gasteiger partial charge < -0.3 is 33.8 Å². The SMILES string of the molecule is CCC(C)CCCCCCCCC(=O)O[C@H](COC(=O)CCCCCCCCCCCCC(C)C)COP(=O)(O)OCC(O)COP(=O)(O)OC[C@@H](COC(=O)CCCCCCCCCCC(C)C)OC(=O)CCCCCCCCCCCC(C)C. The van der Waals surface area contributed by atoms with Crippen LogP contribution in [0.1, 0.15) is 325 Å². The molecule has 0 radical (unpaired) electrons. The Morgan fingerprint density at radius 2 is 0.558 bits per heavy atom. The van der Waals surface area contributed by atoms with Crippen molar-refractivity contribution < 1.29 is 80.2 Å². The van der Waals surface area contributed by atoms with Gasteiger partial charge in [-0.2, -0.15) is 0 Å². The highest BCUT2D eigenvalue weighted by Gasteiger charge is 2.30. The summed E-state index contributed by atoms with van der Waals surface area (Å²) in [6.07, 6.45) is 37.6. The molecule has 0 aliphatic heterocycles. The van der Waals surface area contributed by atoms with Crippen molar-refractivity contribution in [2.24, 2.45) is 23.7 Å². The van der Waals surface area contributed by atoms with Crippen LogP contribution in [0.5, 0.6) is 0 Å². The molecule has 0 saturated carbocycles. The normalized spacial score (nSPS) is 14.7. The predicted molar refractivity (Wildman–Crippen MR) is 344 cm³/mol. The highest BCUT2D eigenvalue weighted by atomic mass is 31.2. The summed E-state index contributed by atoms with van der Waals surface area (Å²) in [6.45, 7) is 14.0. The molecule has 0 amide bonds. The zero-order valence-corrected chi connectivity index (χ0v) is 57.7. The number of rotatable bonds is 64. The Morgan fingerprint density at radius 1 is 0.326 bits per heavy atom. The fraction of sp³-hybridized carbons (Fsp3) is 0.940. The molecule has 0 aromatic rings. The summed E-state index contributed by atoms with van der Waals surface area (Å²) >= 11 is 0. The van der Waals surface area contributed by atoms with Crippen LogP contribution >= 0.6 is 15.6 Å². The van der Waals surface area contributed by atoms with E-state index in [1.807, 2.05) is 0 Å². The van der Waals surface area contributed by atoms with Crippen molar-refractivity contribution >= 4 is 39.5 Å². The molecule has 4 unspecified atom stereocenters. The number of phosphoric ester groups is 2. The van der Waals surface area contributed by atoms with E-state index < -0.39 is 97.5 Å². The fourth-order valence-corrected chi connectivity index (χ4v) is 11.5. The topological polar surface area (TPSA) is 237 Å². The number of esters is 4. The molecule has 0 fully saturated rings. The zero-order chi connectivity index (χ0) is 63.9. The molecule has 0 aromatic carbocycles. The maximum absolute atomic E-state index is 13.0. The summed E-state index contributed by atoms with van der Waals surface area (Å²) in [5, 5.41) is 10.6. The summed E-state index contributed by atoms with van der Waals surface area (Å²) in [5.74, 6) is 0.805. The van der Waals surface area contributed by atoms with E-state index in [0.717, 1.165) is 114 Å². The highest BCUT2D eigenvalue weighted by Crippen LogP contribution is 2.45. The second-order valence-electron chi connectivity index (χ2n) is 25.9. The van der Waals surface area contributed by atoms with Gasteiger partial charge in [-0.3, -0.25) is 37.3 Å². The van der Waals surface area contributed by atoms with Gasteiger partial charge in [0.05, 0.1) is 26.4 Å². The Kier molecular flexibility index (Phi) is 55.7. The number of hydrogen-bond acceptors (Lipinski definition) is 15. The Bertz CT molecular complexity index is 1720. The van der Waals surface area contributed by atoms with Crippen LogP contribution in [-0.4, -0.2) is 96.7 Å². The molecule has 17 nitrogen and oxygen atoms in total. The molecular weight excluding hydrogens is 1140 g/mol. The van der Waals surface area contributed by atoms with Gasteiger partial charge in [-0.05, 0) is 49.4 Å². The number of phosphoric acid groups is 2. The van der Waals surface area contributed by atoms with Gasteiger partial charge >= 0.3 is 39.5 Å². The minimum Gasteiger partial charge on any atom is -0.462 e. The summed E-state index contributed by atoms with van der Waals surface area (Å²) in [5.41, 5.74) is 0. The fourth-order valence-electron chi connectivity index (χ4n) is 9.93. The second kappa shape index (κ2) is 57.0. The molecule has 0 rings (SSSR count). The molecule has 0 aliphatic rings. The van der Waals surface area contributed by atoms with Gasteiger partial charge in [0.2, 0.25) is 0 Å². The van der Waals surface area contributed by atoms with Gasteiger partial charge in [-0.25, -0.2) is 9.13 Å². The van der Waals surface area contributed by atoms with Crippen LogP contribution in [0.25, 0.3) is 0 Å². The number of hydrogen-bond donors (Lipinski definition) is 3. The average molecular weight is 1270 g/mol. The third-order valence-electron chi connectivity index (χ3n) is 15.7. The van der Waals surface area contributed by atoms with E-state index in [4.69, 9.17) is 37.0 Å². The lowest BCUT2D eigenvalue weighted by Crippen LogP contribution is -2.30. The number of ether oxygens (including phenoxy) is 4. The maximum atomic E-state index is 13.0. The van der Waals surface area contributed by atoms with Crippen LogP contribution in [0, 0.1) is 23.7 Å². The van der Waals surface area contributed by atoms with Gasteiger partial charge in [-0.1, -0.05) is 274 Å². The van der Waals surface area contributed by atoms with E-state index in [1.54, 1.807) is 0 Å². The third kappa shape index (κ3) is 59.7. The minimum absolute atomic E-state index is 0.102. The first-order valence-corrected chi connectivity index (χ1v) is 37.7. The quantitative estimate of drug-likeness (QED) is 0.0222. The van der Waals surface area contributed by atoms with Gasteiger partial charge in [0.1, 0.15) is 19.3 Å². The molecule has 3 N–H and O–H groups in total. The van der Waals surface area contributed by atoms with Crippen LogP contribution < -0.4 is 0 Å². The lowest BCUT2D eigenvalue weighted by molar-refractivity contribution is -0.161. The zero-order valence-electron chi connectivity index (χ0n) is 55.9. The average Bonchev–Trinajstić information content (AvgIpc) is 3.67. The van der Waals surface area contributed by atoms with Gasteiger partial charge in [-0.15, -0.1) is 0 Å². The third-order valence-corrected chi connectivity index (χ3v) is 17.6. The number of unbranched alkanes of at least 4 members (excludes halogenated alkanes) is 29. The van der Waals surface area contributed by atoms with Crippen molar-refractivity contribution in [3.05, 3.63) is 0 Å². The Balaban J connectivity index is 5.25. The first kappa shape index (κ1) is 84.1. The first-order chi connectivity index (χ1) is 41.1. The van der Waals surface area contributed by atoms with Crippen molar-refractivity contribution in [1.29, 1.82) is 0 Å². The van der Waals surface area contributed by atoms with Gasteiger partial charge in [0, 0.05) is 25.7 Å². The smallest absolute Gasteiger partial charge is 0.462 e. The number of carbonyl (C=O) groups is 4. The molecule has 0 spiro atoms. The summed E-state index contributed by atoms with van der Waals surface area (Å²) in [6, 6.07) is 0. The van der Waals surface area contributed by atoms with Crippen LogP contribution in [0.15, 0.2) is 0 Å². The maximum Gasteiger partial charge on any atom is 0.472 e.